The Morgan fingerprint density at radius 3 is 2.68 bits per heavy atom. The van der Waals surface area contributed by atoms with E-state index in [1.165, 1.54) is 0 Å². The van der Waals surface area contributed by atoms with Gasteiger partial charge >= 0.3 is 0 Å². The minimum atomic E-state index is -0.169. The highest BCUT2D eigenvalue weighted by Crippen LogP contribution is 2.24. The molecule has 0 aliphatic rings. The maximum Gasteiger partial charge on any atom is 0.225 e. The van der Waals surface area contributed by atoms with Gasteiger partial charge in [0.2, 0.25) is 5.95 Å². The van der Waals surface area contributed by atoms with Crippen molar-refractivity contribution in [1.82, 2.24) is 15.0 Å². The van der Waals surface area contributed by atoms with Crippen LogP contribution in [0.1, 0.15) is 6.92 Å². The van der Waals surface area contributed by atoms with Crippen LogP contribution in [0, 0.1) is 0 Å². The van der Waals surface area contributed by atoms with Gasteiger partial charge in [0, 0.05) is 29.0 Å². The van der Waals surface area contributed by atoms with E-state index in [1.807, 2.05) is 55.5 Å². The molecule has 0 aliphatic heterocycles. The first-order valence-corrected chi connectivity index (χ1v) is 8.22. The molecule has 0 radical (unpaired) electrons. The number of benzene rings is 1. The summed E-state index contributed by atoms with van der Waals surface area (Å²) in [6.45, 7) is 1.83. The van der Waals surface area contributed by atoms with Crippen molar-refractivity contribution < 1.29 is 5.11 Å². The van der Waals surface area contributed by atoms with Crippen molar-refractivity contribution in [1.29, 1.82) is 0 Å². The quantitative estimate of drug-likeness (QED) is 0.625. The number of aromatic nitrogens is 3. The third-order valence-electron chi connectivity index (χ3n) is 3.40. The molecule has 0 bridgehead atoms. The second-order valence-electron chi connectivity index (χ2n) is 5.54. The molecule has 3 N–H and O–H groups in total. The molecular weight excluding hydrogens is 338 g/mol. The molecule has 7 heteroatoms. The number of rotatable bonds is 6. The summed E-state index contributed by atoms with van der Waals surface area (Å²) in [6, 6.07) is 14.7. The SMILES string of the molecule is C[C@H](CO)Nc1nc(Nc2cccc(Cl)c2)cc(-c2ccccn2)n1. The van der Waals surface area contributed by atoms with Gasteiger partial charge < -0.3 is 15.7 Å². The number of nitrogens with one attached hydrogen (secondary N) is 2. The van der Waals surface area contributed by atoms with Gasteiger partial charge in [0.15, 0.2) is 0 Å². The number of hydrogen-bond acceptors (Lipinski definition) is 6. The monoisotopic (exact) mass is 355 g/mol. The van der Waals surface area contributed by atoms with E-state index in [1.54, 1.807) is 6.20 Å². The minimum Gasteiger partial charge on any atom is -0.394 e. The van der Waals surface area contributed by atoms with Crippen molar-refractivity contribution in [3.63, 3.8) is 0 Å². The number of aliphatic hydroxyl groups is 1. The maximum atomic E-state index is 9.26. The van der Waals surface area contributed by atoms with Gasteiger partial charge in [-0.2, -0.15) is 4.98 Å². The minimum absolute atomic E-state index is 0.0196. The van der Waals surface area contributed by atoms with Crippen molar-refractivity contribution in [2.45, 2.75) is 13.0 Å². The zero-order valence-electron chi connectivity index (χ0n) is 13.6. The molecule has 128 valence electrons. The third-order valence-corrected chi connectivity index (χ3v) is 3.63. The van der Waals surface area contributed by atoms with Crippen molar-refractivity contribution in [2.75, 3.05) is 17.2 Å². The van der Waals surface area contributed by atoms with Gasteiger partial charge in [0.25, 0.3) is 0 Å². The number of anilines is 3. The van der Waals surface area contributed by atoms with Crippen LogP contribution in [0.3, 0.4) is 0 Å². The van der Waals surface area contributed by atoms with Gasteiger partial charge in [-0.1, -0.05) is 23.7 Å². The van der Waals surface area contributed by atoms with Crippen molar-refractivity contribution in [2.24, 2.45) is 0 Å². The van der Waals surface area contributed by atoms with E-state index in [9.17, 15) is 5.11 Å². The summed E-state index contributed by atoms with van der Waals surface area (Å²) in [4.78, 5) is 13.3. The first-order chi connectivity index (χ1) is 12.1. The van der Waals surface area contributed by atoms with Crippen LogP contribution in [-0.2, 0) is 0 Å². The van der Waals surface area contributed by atoms with Gasteiger partial charge in [0.1, 0.15) is 5.82 Å². The summed E-state index contributed by atoms with van der Waals surface area (Å²) in [5, 5.41) is 16.2. The molecular formula is C18H18ClN5O. The van der Waals surface area contributed by atoms with Gasteiger partial charge in [-0.05, 0) is 37.3 Å². The van der Waals surface area contributed by atoms with E-state index < -0.39 is 0 Å². The summed E-state index contributed by atoms with van der Waals surface area (Å²) >= 11 is 6.03. The smallest absolute Gasteiger partial charge is 0.225 e. The van der Waals surface area contributed by atoms with Gasteiger partial charge in [-0.25, -0.2) is 4.98 Å². The van der Waals surface area contributed by atoms with Crippen LogP contribution in [0.4, 0.5) is 17.5 Å². The zero-order valence-corrected chi connectivity index (χ0v) is 14.4. The van der Waals surface area contributed by atoms with E-state index in [0.717, 1.165) is 11.4 Å². The molecule has 0 saturated carbocycles. The lowest BCUT2D eigenvalue weighted by atomic mass is 10.2. The molecule has 2 heterocycles. The van der Waals surface area contributed by atoms with Crippen LogP contribution < -0.4 is 10.6 Å². The molecule has 0 spiro atoms. The highest BCUT2D eigenvalue weighted by atomic mass is 35.5. The highest BCUT2D eigenvalue weighted by Gasteiger charge is 2.10. The average Bonchev–Trinajstić information content (AvgIpc) is 2.62. The molecule has 0 aliphatic carbocycles. The van der Waals surface area contributed by atoms with Crippen LogP contribution in [0.15, 0.2) is 54.7 Å². The number of halogens is 1. The molecule has 3 aromatic rings. The van der Waals surface area contributed by atoms with Gasteiger partial charge in [-0.15, -0.1) is 0 Å². The molecule has 2 aromatic heterocycles. The molecule has 0 unspecified atom stereocenters. The number of hydrogen-bond donors (Lipinski definition) is 3. The molecule has 25 heavy (non-hydrogen) atoms. The fraction of sp³-hybridized carbons (Fsp3) is 0.167. The Morgan fingerprint density at radius 2 is 1.96 bits per heavy atom. The highest BCUT2D eigenvalue weighted by molar-refractivity contribution is 6.30. The summed E-state index contributed by atoms with van der Waals surface area (Å²) in [5.41, 5.74) is 2.23. The van der Waals surface area contributed by atoms with Crippen molar-refractivity contribution >= 4 is 29.1 Å². The summed E-state index contributed by atoms with van der Waals surface area (Å²) in [5.74, 6) is 1.01. The Labute approximate surface area is 150 Å². The van der Waals surface area contributed by atoms with Crippen molar-refractivity contribution in [3.8, 4) is 11.4 Å². The third kappa shape index (κ3) is 4.65. The number of aliphatic hydroxyl groups excluding tert-OH is 1. The Kier molecular flexibility index (Phi) is 5.42. The number of pyridine rings is 1. The second kappa shape index (κ2) is 7.92. The van der Waals surface area contributed by atoms with Crippen LogP contribution in [0.5, 0.6) is 0 Å². The van der Waals surface area contributed by atoms with Gasteiger partial charge in [-0.3, -0.25) is 4.98 Å². The average molecular weight is 356 g/mol. The lowest BCUT2D eigenvalue weighted by Crippen LogP contribution is -2.21. The first kappa shape index (κ1) is 17.1. The van der Waals surface area contributed by atoms with Crippen LogP contribution in [-0.4, -0.2) is 32.7 Å². The molecule has 0 amide bonds. The Morgan fingerprint density at radius 1 is 1.08 bits per heavy atom. The van der Waals surface area contributed by atoms with Crippen molar-refractivity contribution in [3.05, 3.63) is 59.8 Å². The van der Waals surface area contributed by atoms with E-state index in [4.69, 9.17) is 11.6 Å². The predicted molar refractivity (Wildman–Crippen MR) is 100 cm³/mol. The van der Waals surface area contributed by atoms with E-state index in [2.05, 4.69) is 25.6 Å². The molecule has 1 aromatic carbocycles. The molecule has 1 atom stereocenters. The lowest BCUT2D eigenvalue weighted by molar-refractivity contribution is 0.281. The fourth-order valence-electron chi connectivity index (χ4n) is 2.20. The molecule has 0 fully saturated rings. The van der Waals surface area contributed by atoms with Crippen LogP contribution in [0.2, 0.25) is 5.02 Å². The standard InChI is InChI=1S/C18H18ClN5O/c1-12(11-25)21-18-23-16(15-7-2-3-8-20-15)10-17(24-18)22-14-6-4-5-13(19)9-14/h2-10,12,25H,11H2,1H3,(H2,21,22,23,24)/t12-/m1/s1. The summed E-state index contributed by atoms with van der Waals surface area (Å²) < 4.78 is 0. The second-order valence-corrected chi connectivity index (χ2v) is 5.98. The van der Waals surface area contributed by atoms with Crippen LogP contribution >= 0.6 is 11.6 Å². The molecule has 3 rings (SSSR count). The first-order valence-electron chi connectivity index (χ1n) is 7.84. The maximum absolute atomic E-state index is 9.26. The predicted octanol–water partition coefficient (Wildman–Crippen LogP) is 3.73. The zero-order chi connectivity index (χ0) is 17.6. The topological polar surface area (TPSA) is 83.0 Å². The Bertz CT molecular complexity index is 844. The Balaban J connectivity index is 1.97. The fourth-order valence-corrected chi connectivity index (χ4v) is 2.39. The summed E-state index contributed by atoms with van der Waals surface area (Å²) in [7, 11) is 0. The summed E-state index contributed by atoms with van der Waals surface area (Å²) in [6.07, 6.45) is 1.71. The lowest BCUT2D eigenvalue weighted by Gasteiger charge is -2.14. The van der Waals surface area contributed by atoms with E-state index in [-0.39, 0.29) is 12.6 Å². The molecule has 6 nitrogen and oxygen atoms in total. The van der Waals surface area contributed by atoms with Crippen LogP contribution in [0.25, 0.3) is 11.4 Å². The molecule has 0 saturated heterocycles. The van der Waals surface area contributed by atoms with E-state index in [0.29, 0.717) is 22.5 Å². The largest absolute Gasteiger partial charge is 0.394 e. The van der Waals surface area contributed by atoms with Gasteiger partial charge in [0.05, 0.1) is 18.0 Å². The Hall–Kier alpha value is -2.70. The number of nitrogens with zero attached hydrogens (tertiary/aromatic N) is 3. The normalized spacial score (nSPS) is 11.8. The van der Waals surface area contributed by atoms with E-state index >= 15 is 0 Å².